The van der Waals surface area contributed by atoms with E-state index in [1.54, 1.807) is 0 Å². The first kappa shape index (κ1) is 20.9. The van der Waals surface area contributed by atoms with Crippen LogP contribution in [0.25, 0.3) is 0 Å². The Morgan fingerprint density at radius 2 is 1.79 bits per heavy atom. The molecule has 1 heterocycles. The Morgan fingerprint density at radius 3 is 2.38 bits per heavy atom. The Balaban J connectivity index is 1.92. The highest BCUT2D eigenvalue weighted by Gasteiger charge is 2.33. The number of halogens is 2. The van der Waals surface area contributed by atoms with Gasteiger partial charge in [-0.25, -0.2) is 22.0 Å². The fraction of sp³-hybridized carbons (Fsp3) is 0.263. The van der Waals surface area contributed by atoms with Crippen molar-refractivity contribution in [3.05, 3.63) is 65.2 Å². The topological polar surface area (TPSA) is 92.8 Å². The van der Waals surface area contributed by atoms with E-state index in [1.165, 1.54) is 18.2 Å². The van der Waals surface area contributed by atoms with Gasteiger partial charge in [-0.3, -0.25) is 4.79 Å². The summed E-state index contributed by atoms with van der Waals surface area (Å²) in [5.41, 5.74) is -0.320. The third-order valence-corrected chi connectivity index (χ3v) is 6.47. The molecule has 1 atom stereocenters. The molecule has 0 aromatic heterocycles. The molecule has 1 aliphatic heterocycles. The lowest BCUT2D eigenvalue weighted by atomic mass is 10.1. The highest BCUT2D eigenvalue weighted by Crippen LogP contribution is 2.25. The molecule has 3 rings (SSSR count). The standard InChI is InChI=1S/C19H18F2N2O5S/c1-28-19(25)17(13-5-2-3-6-14(13)20)22-18(24)12-7-8-15(21)16(11-12)29(26,27)23-9-4-10-23/h2-3,5-8,11,17H,4,9-10H2,1H3,(H,22,24)/t17-/m0/s1. The summed E-state index contributed by atoms with van der Waals surface area (Å²) in [6, 6.07) is 6.70. The minimum atomic E-state index is -4.07. The molecule has 1 N–H and O–H groups in total. The van der Waals surface area contributed by atoms with Crippen molar-refractivity contribution in [3.8, 4) is 0 Å². The lowest BCUT2D eigenvalue weighted by Crippen LogP contribution is -2.42. The highest BCUT2D eigenvalue weighted by molar-refractivity contribution is 7.89. The molecule has 0 saturated carbocycles. The van der Waals surface area contributed by atoms with Gasteiger partial charge in [-0.2, -0.15) is 4.31 Å². The van der Waals surface area contributed by atoms with Gasteiger partial charge in [-0.15, -0.1) is 0 Å². The van der Waals surface area contributed by atoms with Gasteiger partial charge in [0.25, 0.3) is 5.91 Å². The van der Waals surface area contributed by atoms with Gasteiger partial charge in [-0.1, -0.05) is 18.2 Å². The number of nitrogens with one attached hydrogen (secondary N) is 1. The monoisotopic (exact) mass is 424 g/mol. The normalized spacial score (nSPS) is 15.3. The van der Waals surface area contributed by atoms with Crippen molar-refractivity contribution < 1.29 is 31.5 Å². The van der Waals surface area contributed by atoms with E-state index in [0.717, 1.165) is 35.7 Å². The van der Waals surface area contributed by atoms with E-state index < -0.39 is 44.5 Å². The summed E-state index contributed by atoms with van der Waals surface area (Å²) in [6.07, 6.45) is 0.671. The SMILES string of the molecule is COC(=O)[C@@H](NC(=O)c1ccc(F)c(S(=O)(=O)N2CCC2)c1)c1ccccc1F. The minimum absolute atomic E-state index is 0.122. The smallest absolute Gasteiger partial charge is 0.333 e. The molecule has 0 radical (unpaired) electrons. The molecule has 0 unspecified atom stereocenters. The van der Waals surface area contributed by atoms with Gasteiger partial charge in [0.15, 0.2) is 6.04 Å². The van der Waals surface area contributed by atoms with Crippen LogP contribution in [0.4, 0.5) is 8.78 Å². The molecule has 29 heavy (non-hydrogen) atoms. The molecule has 0 spiro atoms. The molecule has 1 saturated heterocycles. The zero-order chi connectivity index (χ0) is 21.2. The fourth-order valence-electron chi connectivity index (χ4n) is 2.81. The summed E-state index contributed by atoms with van der Waals surface area (Å²) in [7, 11) is -2.99. The minimum Gasteiger partial charge on any atom is -0.467 e. The van der Waals surface area contributed by atoms with Crippen molar-refractivity contribution in [3.63, 3.8) is 0 Å². The number of esters is 1. The molecule has 1 amide bonds. The van der Waals surface area contributed by atoms with Crippen LogP contribution in [0.15, 0.2) is 47.4 Å². The van der Waals surface area contributed by atoms with Crippen LogP contribution in [0.3, 0.4) is 0 Å². The summed E-state index contributed by atoms with van der Waals surface area (Å²) >= 11 is 0. The van der Waals surface area contributed by atoms with Gasteiger partial charge < -0.3 is 10.1 Å². The largest absolute Gasteiger partial charge is 0.467 e. The second-order valence-electron chi connectivity index (χ2n) is 6.35. The average molecular weight is 424 g/mol. The lowest BCUT2D eigenvalue weighted by Gasteiger charge is -2.29. The molecule has 154 valence electrons. The zero-order valence-electron chi connectivity index (χ0n) is 15.4. The zero-order valence-corrected chi connectivity index (χ0v) is 16.2. The second-order valence-corrected chi connectivity index (χ2v) is 8.26. The quantitative estimate of drug-likeness (QED) is 0.716. The van der Waals surface area contributed by atoms with Gasteiger partial charge in [0.05, 0.1) is 7.11 Å². The van der Waals surface area contributed by atoms with Crippen LogP contribution < -0.4 is 5.32 Å². The van der Waals surface area contributed by atoms with Crippen molar-refractivity contribution >= 4 is 21.9 Å². The summed E-state index contributed by atoms with van der Waals surface area (Å²) in [5, 5.41) is 2.31. The highest BCUT2D eigenvalue weighted by atomic mass is 32.2. The van der Waals surface area contributed by atoms with Crippen molar-refractivity contribution in [2.75, 3.05) is 20.2 Å². The molecular weight excluding hydrogens is 406 g/mol. The van der Waals surface area contributed by atoms with Crippen LogP contribution in [0.2, 0.25) is 0 Å². The van der Waals surface area contributed by atoms with Crippen molar-refractivity contribution in [1.82, 2.24) is 9.62 Å². The van der Waals surface area contributed by atoms with Crippen molar-refractivity contribution in [1.29, 1.82) is 0 Å². The number of benzene rings is 2. The Morgan fingerprint density at radius 1 is 1.10 bits per heavy atom. The number of hydrogen-bond acceptors (Lipinski definition) is 5. The number of methoxy groups -OCH3 is 1. The number of carbonyl (C=O) groups is 2. The van der Waals surface area contributed by atoms with E-state index in [4.69, 9.17) is 0 Å². The van der Waals surface area contributed by atoms with E-state index in [-0.39, 0.29) is 24.2 Å². The number of sulfonamides is 1. The number of ether oxygens (including phenoxy) is 1. The van der Waals surface area contributed by atoms with Gasteiger partial charge in [0.2, 0.25) is 10.0 Å². The Kier molecular flexibility index (Phi) is 5.94. The van der Waals surface area contributed by atoms with Crippen LogP contribution in [0, 0.1) is 11.6 Å². The Hall–Kier alpha value is -2.85. The van der Waals surface area contributed by atoms with E-state index in [1.807, 2.05) is 0 Å². The van der Waals surface area contributed by atoms with E-state index in [9.17, 15) is 26.8 Å². The Bertz CT molecular complexity index is 1050. The van der Waals surface area contributed by atoms with Gasteiger partial charge in [0.1, 0.15) is 16.5 Å². The number of amides is 1. The van der Waals surface area contributed by atoms with Gasteiger partial charge >= 0.3 is 5.97 Å². The Labute approximate surface area is 166 Å². The molecule has 10 heteroatoms. The van der Waals surface area contributed by atoms with Gasteiger partial charge in [-0.05, 0) is 30.7 Å². The maximum atomic E-state index is 14.2. The first-order valence-corrected chi connectivity index (χ1v) is 10.1. The maximum absolute atomic E-state index is 14.2. The predicted molar refractivity (Wildman–Crippen MR) is 98.4 cm³/mol. The summed E-state index contributed by atoms with van der Waals surface area (Å²) < 4.78 is 58.9. The molecule has 2 aromatic rings. The number of carbonyl (C=O) groups excluding carboxylic acids is 2. The maximum Gasteiger partial charge on any atom is 0.333 e. The molecule has 1 aliphatic rings. The molecular formula is C19H18F2N2O5S. The van der Waals surface area contributed by atoms with Crippen LogP contribution in [-0.4, -0.2) is 44.8 Å². The average Bonchev–Trinajstić information content (AvgIpc) is 2.64. The van der Waals surface area contributed by atoms with E-state index >= 15 is 0 Å². The number of rotatable bonds is 6. The summed E-state index contributed by atoms with van der Waals surface area (Å²) in [5.74, 6) is -3.53. The van der Waals surface area contributed by atoms with E-state index in [0.29, 0.717) is 6.42 Å². The first-order valence-electron chi connectivity index (χ1n) is 8.68. The van der Waals surface area contributed by atoms with E-state index in [2.05, 4.69) is 10.1 Å². The van der Waals surface area contributed by atoms with Crippen LogP contribution in [-0.2, 0) is 19.6 Å². The van der Waals surface area contributed by atoms with Gasteiger partial charge in [0, 0.05) is 24.2 Å². The van der Waals surface area contributed by atoms with Crippen LogP contribution >= 0.6 is 0 Å². The summed E-state index contributed by atoms with van der Waals surface area (Å²) in [6.45, 7) is 0.547. The fourth-order valence-corrected chi connectivity index (χ4v) is 4.42. The molecule has 1 fully saturated rings. The molecule has 0 bridgehead atoms. The van der Waals surface area contributed by atoms with Crippen LogP contribution in [0.5, 0.6) is 0 Å². The van der Waals surface area contributed by atoms with Crippen molar-refractivity contribution in [2.24, 2.45) is 0 Å². The molecule has 2 aromatic carbocycles. The molecule has 7 nitrogen and oxygen atoms in total. The summed E-state index contributed by atoms with van der Waals surface area (Å²) in [4.78, 5) is 24.1. The number of hydrogen-bond donors (Lipinski definition) is 1. The second kappa shape index (κ2) is 8.26. The lowest BCUT2D eigenvalue weighted by molar-refractivity contribution is -0.143. The first-order chi connectivity index (χ1) is 13.8. The predicted octanol–water partition coefficient (Wildman–Crippen LogP) is 2.00. The molecule has 0 aliphatic carbocycles. The van der Waals surface area contributed by atoms with Crippen LogP contribution in [0.1, 0.15) is 28.4 Å². The third kappa shape index (κ3) is 4.13. The number of nitrogens with zero attached hydrogens (tertiary/aromatic N) is 1. The third-order valence-electron chi connectivity index (χ3n) is 4.55. The van der Waals surface area contributed by atoms with Crippen molar-refractivity contribution in [2.45, 2.75) is 17.4 Å².